The van der Waals surface area contributed by atoms with Crippen LogP contribution in [-0.4, -0.2) is 96.9 Å². The van der Waals surface area contributed by atoms with Gasteiger partial charge in [-0.1, -0.05) is 72.8 Å². The lowest BCUT2D eigenvalue weighted by molar-refractivity contribution is -0.145. The van der Waals surface area contributed by atoms with E-state index in [4.69, 9.17) is 0 Å². The SMILES string of the molecule is CN(c1ccccn1)S(=O)(=O)CC1(NC(=O)N[C@H](C(=O)N2C[C@H]3[C@@H]([C@H]2C(=O)N[C@H](CC2CC2)C(=O)C(=O)NC2CC2)C3(C)C)C(C)(C)C)CCCCC1. The lowest BCUT2D eigenvalue weighted by Gasteiger charge is -2.41. The monoisotopic (exact) mass is 755 g/mol. The molecule has 0 aromatic carbocycles. The molecule has 0 bridgehead atoms. The summed E-state index contributed by atoms with van der Waals surface area (Å²) < 4.78 is 28.5. The van der Waals surface area contributed by atoms with Gasteiger partial charge in [-0.15, -0.1) is 0 Å². The maximum atomic E-state index is 14.6. The van der Waals surface area contributed by atoms with Crippen LogP contribution in [0.5, 0.6) is 0 Å². The third-order valence-electron chi connectivity index (χ3n) is 12.2. The highest BCUT2D eigenvalue weighted by Crippen LogP contribution is 2.65. The fourth-order valence-corrected chi connectivity index (χ4v) is 10.2. The van der Waals surface area contributed by atoms with Crippen LogP contribution in [0.25, 0.3) is 0 Å². The number of ketones is 1. The molecule has 4 aliphatic carbocycles. The number of fused-ring (bicyclic) bond motifs is 1. The highest BCUT2D eigenvalue weighted by molar-refractivity contribution is 7.92. The number of aromatic nitrogens is 1. The zero-order chi connectivity index (χ0) is 38.5. The van der Waals surface area contributed by atoms with Gasteiger partial charge in [-0.2, -0.15) is 0 Å². The number of hydrogen-bond acceptors (Lipinski definition) is 8. The number of anilines is 1. The number of Topliss-reactive ketones (excluding diaryl/α,β-unsaturated/α-hetero) is 1. The standard InChI is InChI=1S/C38H57N7O7S/c1-36(2,3)31(42-35(50)43-38(17-9-7-10-18-38)22-53(51,52)44(6)27-12-8-11-19-39-27)34(49)45-21-25-28(37(25,4)5)29(45)32(47)41-26(20-23-13-14-23)30(46)33(48)40-24-15-16-24/h8,11-12,19,23-26,28-29,31H,7,9-10,13-18,20-22H2,1-6H3,(H,40,48)(H,41,47)(H2,42,43,50)/t25-,26+,28-,29-,31+/m0/s1. The zero-order valence-electron chi connectivity index (χ0n) is 31.9. The van der Waals surface area contributed by atoms with Gasteiger partial charge >= 0.3 is 6.03 Å². The molecule has 5 aliphatic rings. The van der Waals surface area contributed by atoms with Gasteiger partial charge in [0.25, 0.3) is 5.91 Å². The van der Waals surface area contributed by atoms with Crippen molar-refractivity contribution in [2.75, 3.05) is 23.7 Å². The van der Waals surface area contributed by atoms with Crippen molar-refractivity contribution < 1.29 is 32.4 Å². The minimum atomic E-state index is -3.90. The van der Waals surface area contributed by atoms with Crippen LogP contribution in [-0.2, 0) is 29.2 Å². The largest absolute Gasteiger partial charge is 0.347 e. The van der Waals surface area contributed by atoms with Crippen molar-refractivity contribution in [3.8, 4) is 0 Å². The number of carbonyl (C=O) groups excluding carboxylic acids is 5. The summed E-state index contributed by atoms with van der Waals surface area (Å²) in [5.41, 5.74) is -2.05. The molecular formula is C38H57N7O7S. The van der Waals surface area contributed by atoms with E-state index >= 15 is 0 Å². The molecule has 0 radical (unpaired) electrons. The molecule has 15 heteroatoms. The predicted molar refractivity (Wildman–Crippen MR) is 199 cm³/mol. The summed E-state index contributed by atoms with van der Waals surface area (Å²) >= 11 is 0. The van der Waals surface area contributed by atoms with Gasteiger partial charge in [0.05, 0.1) is 17.3 Å². The summed E-state index contributed by atoms with van der Waals surface area (Å²) in [6, 6.07) is 1.46. The van der Waals surface area contributed by atoms with Crippen molar-refractivity contribution in [3.63, 3.8) is 0 Å². The van der Waals surface area contributed by atoms with E-state index in [2.05, 4.69) is 40.1 Å². The summed E-state index contributed by atoms with van der Waals surface area (Å²) in [5, 5.41) is 11.5. The Balaban J connectivity index is 1.18. The van der Waals surface area contributed by atoms with Gasteiger partial charge in [0.2, 0.25) is 27.6 Å². The maximum Gasteiger partial charge on any atom is 0.315 e. The number of carbonyl (C=O) groups is 5. The number of likely N-dealkylation sites (tertiary alicyclic amines) is 1. The summed E-state index contributed by atoms with van der Waals surface area (Å²) in [7, 11) is -2.45. The summed E-state index contributed by atoms with van der Waals surface area (Å²) in [4.78, 5) is 74.5. The van der Waals surface area contributed by atoms with Crippen molar-refractivity contribution in [1.29, 1.82) is 0 Å². The lowest BCUT2D eigenvalue weighted by atomic mass is 9.83. The minimum Gasteiger partial charge on any atom is -0.347 e. The first-order valence-corrected chi connectivity index (χ1v) is 20.9. The first kappa shape index (κ1) is 39.0. The van der Waals surface area contributed by atoms with Gasteiger partial charge in [-0.05, 0) is 72.8 Å². The normalized spacial score (nSPS) is 25.6. The van der Waals surface area contributed by atoms with Gasteiger partial charge in [-0.25, -0.2) is 18.2 Å². The van der Waals surface area contributed by atoms with Crippen LogP contribution in [0, 0.1) is 28.6 Å². The number of pyridine rings is 1. The fraction of sp³-hybridized carbons (Fsp3) is 0.737. The third-order valence-corrected chi connectivity index (χ3v) is 14.2. The van der Waals surface area contributed by atoms with E-state index in [1.54, 1.807) is 18.2 Å². The number of nitrogens with one attached hydrogen (secondary N) is 4. The molecule has 5 atom stereocenters. The van der Waals surface area contributed by atoms with Crippen LogP contribution in [0.2, 0.25) is 0 Å². The fourth-order valence-electron chi connectivity index (χ4n) is 8.52. The molecule has 53 heavy (non-hydrogen) atoms. The Kier molecular flexibility index (Phi) is 10.6. The molecule has 4 saturated carbocycles. The molecule has 6 rings (SSSR count). The molecular weight excluding hydrogens is 699 g/mol. The van der Waals surface area contributed by atoms with Crippen LogP contribution in [0.15, 0.2) is 24.4 Å². The highest BCUT2D eigenvalue weighted by atomic mass is 32.2. The van der Waals surface area contributed by atoms with Crippen LogP contribution < -0.4 is 25.6 Å². The van der Waals surface area contributed by atoms with E-state index < -0.39 is 68.6 Å². The summed E-state index contributed by atoms with van der Waals surface area (Å²) in [6.07, 6.45) is 8.73. The van der Waals surface area contributed by atoms with Gasteiger partial charge in [0.15, 0.2) is 0 Å². The van der Waals surface area contributed by atoms with E-state index in [-0.39, 0.29) is 40.8 Å². The number of sulfonamides is 1. The van der Waals surface area contributed by atoms with Gasteiger partial charge < -0.3 is 26.2 Å². The molecule has 5 fully saturated rings. The van der Waals surface area contributed by atoms with Crippen molar-refractivity contribution >= 4 is 45.4 Å². The molecule has 0 unspecified atom stereocenters. The first-order chi connectivity index (χ1) is 24.8. The summed E-state index contributed by atoms with van der Waals surface area (Å²) in [6.45, 7) is 9.94. The third kappa shape index (κ3) is 8.65. The van der Waals surface area contributed by atoms with Crippen LogP contribution in [0.4, 0.5) is 10.6 Å². The average Bonchev–Trinajstić information content (AvgIpc) is 4.05. The summed E-state index contributed by atoms with van der Waals surface area (Å²) in [5.74, 6) is -2.12. The number of piperidine rings is 1. The maximum absolute atomic E-state index is 14.6. The van der Waals surface area contributed by atoms with E-state index in [1.807, 2.05) is 20.8 Å². The number of hydrogen-bond donors (Lipinski definition) is 4. The highest BCUT2D eigenvalue weighted by Gasteiger charge is 2.70. The Morgan fingerprint density at radius 2 is 1.68 bits per heavy atom. The topological polar surface area (TPSA) is 187 Å². The molecule has 292 valence electrons. The molecule has 1 aromatic rings. The second kappa shape index (κ2) is 14.5. The number of nitrogens with zero attached hydrogens (tertiary/aromatic N) is 3. The molecule has 4 N–H and O–H groups in total. The second-order valence-corrected chi connectivity index (χ2v) is 19.9. The smallest absolute Gasteiger partial charge is 0.315 e. The van der Waals surface area contributed by atoms with E-state index in [0.717, 1.165) is 49.3 Å². The Labute approximate surface area is 313 Å². The van der Waals surface area contributed by atoms with E-state index in [0.29, 0.717) is 25.8 Å². The van der Waals surface area contributed by atoms with Crippen LogP contribution in [0.1, 0.15) is 98.8 Å². The molecule has 14 nitrogen and oxygen atoms in total. The molecule has 1 saturated heterocycles. The first-order valence-electron chi connectivity index (χ1n) is 19.2. The van der Waals surface area contributed by atoms with Crippen molar-refractivity contribution in [2.24, 2.45) is 28.6 Å². The Morgan fingerprint density at radius 1 is 1.00 bits per heavy atom. The number of amides is 5. The van der Waals surface area contributed by atoms with E-state index in [1.165, 1.54) is 18.1 Å². The second-order valence-electron chi connectivity index (χ2n) is 17.9. The predicted octanol–water partition coefficient (Wildman–Crippen LogP) is 2.88. The average molecular weight is 756 g/mol. The Morgan fingerprint density at radius 3 is 2.26 bits per heavy atom. The molecule has 2 heterocycles. The number of urea groups is 1. The van der Waals surface area contributed by atoms with Crippen molar-refractivity contribution in [3.05, 3.63) is 24.4 Å². The molecule has 0 spiro atoms. The van der Waals surface area contributed by atoms with Crippen molar-refractivity contribution in [2.45, 2.75) is 129 Å². The van der Waals surface area contributed by atoms with Crippen LogP contribution >= 0.6 is 0 Å². The zero-order valence-corrected chi connectivity index (χ0v) is 32.8. The van der Waals surface area contributed by atoms with Crippen LogP contribution in [0.3, 0.4) is 0 Å². The van der Waals surface area contributed by atoms with Crippen molar-refractivity contribution in [1.82, 2.24) is 31.2 Å². The lowest BCUT2D eigenvalue weighted by Crippen LogP contribution is -2.64. The quantitative estimate of drug-likeness (QED) is 0.209. The minimum absolute atomic E-state index is 0.00375. The van der Waals surface area contributed by atoms with E-state index in [9.17, 15) is 32.4 Å². The molecule has 5 amide bonds. The molecule has 1 aromatic heterocycles. The molecule has 1 aliphatic heterocycles. The Hall–Kier alpha value is -3.75. The van der Waals surface area contributed by atoms with Gasteiger partial charge in [0, 0.05) is 25.8 Å². The van der Waals surface area contributed by atoms with Gasteiger partial charge in [-0.3, -0.25) is 23.5 Å². The Bertz CT molecular complexity index is 1700. The number of rotatable bonds is 14. The van der Waals surface area contributed by atoms with Gasteiger partial charge in [0.1, 0.15) is 17.9 Å².